The molecule has 1 amide bonds. The number of furan rings is 1. The normalized spacial score (nSPS) is 14.0. The van der Waals surface area contributed by atoms with E-state index in [1.54, 1.807) is 18.4 Å². The van der Waals surface area contributed by atoms with Gasteiger partial charge in [-0.1, -0.05) is 34.1 Å². The Morgan fingerprint density at radius 3 is 2.57 bits per heavy atom. The molecule has 0 aliphatic rings. The first-order chi connectivity index (χ1) is 9.69. The van der Waals surface area contributed by atoms with Crippen molar-refractivity contribution in [3.05, 3.63) is 24.2 Å². The van der Waals surface area contributed by atoms with Gasteiger partial charge in [-0.25, -0.2) is 0 Å². The molecule has 1 aromatic rings. The van der Waals surface area contributed by atoms with Crippen LogP contribution in [0, 0.1) is 0 Å². The largest absolute Gasteiger partial charge is 0.466 e. The van der Waals surface area contributed by atoms with Crippen molar-refractivity contribution >= 4 is 14.2 Å². The summed E-state index contributed by atoms with van der Waals surface area (Å²) in [5.74, 6) is 0.469. The molecule has 0 saturated heterocycles. The van der Waals surface area contributed by atoms with Crippen molar-refractivity contribution in [1.29, 1.82) is 0 Å². The molecule has 0 fully saturated rings. The van der Waals surface area contributed by atoms with Gasteiger partial charge in [0.25, 0.3) is 5.91 Å². The van der Waals surface area contributed by atoms with Crippen LogP contribution in [0.2, 0.25) is 18.1 Å². The SMILES string of the molecule is CCCCNC(=O)C(O[Si](C)(C)C(C)(C)C)c1ccco1. The fraction of sp³-hybridized carbons (Fsp3) is 0.688. The molecular weight excluding hydrogens is 282 g/mol. The minimum absolute atomic E-state index is 0.0432. The number of hydrogen-bond donors (Lipinski definition) is 1. The highest BCUT2D eigenvalue weighted by atomic mass is 28.4. The van der Waals surface area contributed by atoms with Crippen LogP contribution in [0.15, 0.2) is 22.8 Å². The third kappa shape index (κ3) is 5.00. The second-order valence-electron chi connectivity index (χ2n) is 6.92. The molecular formula is C16H29NO3Si. The van der Waals surface area contributed by atoms with E-state index >= 15 is 0 Å². The van der Waals surface area contributed by atoms with E-state index in [0.717, 1.165) is 12.8 Å². The van der Waals surface area contributed by atoms with E-state index in [4.69, 9.17) is 8.84 Å². The van der Waals surface area contributed by atoms with E-state index in [1.807, 2.05) is 0 Å². The predicted molar refractivity (Wildman–Crippen MR) is 87.6 cm³/mol. The van der Waals surface area contributed by atoms with Crippen LogP contribution in [0.1, 0.15) is 52.4 Å². The molecule has 0 spiro atoms. The zero-order chi connectivity index (χ0) is 16.1. The lowest BCUT2D eigenvalue weighted by Crippen LogP contribution is -2.45. The molecule has 0 saturated carbocycles. The molecule has 1 unspecified atom stereocenters. The van der Waals surface area contributed by atoms with Gasteiger partial charge in [0.2, 0.25) is 0 Å². The van der Waals surface area contributed by atoms with Crippen LogP contribution in [0.4, 0.5) is 0 Å². The zero-order valence-electron chi connectivity index (χ0n) is 14.2. The number of amides is 1. The number of unbranched alkanes of at least 4 members (excludes halogenated alkanes) is 1. The molecule has 4 nitrogen and oxygen atoms in total. The fourth-order valence-electron chi connectivity index (χ4n) is 1.63. The average molecular weight is 311 g/mol. The molecule has 1 N–H and O–H groups in total. The van der Waals surface area contributed by atoms with Crippen molar-refractivity contribution in [3.8, 4) is 0 Å². The van der Waals surface area contributed by atoms with Gasteiger partial charge in [0.1, 0.15) is 5.76 Å². The third-order valence-electron chi connectivity index (χ3n) is 4.09. The summed E-state index contributed by atoms with van der Waals surface area (Å²) in [4.78, 5) is 12.4. The summed E-state index contributed by atoms with van der Waals surface area (Å²) in [6, 6.07) is 3.59. The molecule has 0 bridgehead atoms. The van der Waals surface area contributed by atoms with Gasteiger partial charge in [-0.3, -0.25) is 4.79 Å². The van der Waals surface area contributed by atoms with Gasteiger partial charge in [0.05, 0.1) is 6.26 Å². The molecule has 0 aliphatic carbocycles. The Morgan fingerprint density at radius 1 is 1.43 bits per heavy atom. The maximum atomic E-state index is 12.4. The third-order valence-corrected chi connectivity index (χ3v) is 8.53. The summed E-state index contributed by atoms with van der Waals surface area (Å²) in [6.45, 7) is 13.5. The smallest absolute Gasteiger partial charge is 0.255 e. The summed E-state index contributed by atoms with van der Waals surface area (Å²) in [7, 11) is -2.06. The Morgan fingerprint density at radius 2 is 2.10 bits per heavy atom. The van der Waals surface area contributed by atoms with Crippen LogP contribution in [0.5, 0.6) is 0 Å². The molecule has 1 rings (SSSR count). The van der Waals surface area contributed by atoms with Crippen LogP contribution in [0.3, 0.4) is 0 Å². The lowest BCUT2D eigenvalue weighted by Gasteiger charge is -2.38. The Labute approximate surface area is 129 Å². The van der Waals surface area contributed by atoms with Gasteiger partial charge in [-0.2, -0.15) is 0 Å². The van der Waals surface area contributed by atoms with Crippen LogP contribution >= 0.6 is 0 Å². The minimum atomic E-state index is -2.06. The number of carbonyl (C=O) groups is 1. The lowest BCUT2D eigenvalue weighted by atomic mass is 10.2. The van der Waals surface area contributed by atoms with E-state index in [-0.39, 0.29) is 10.9 Å². The van der Waals surface area contributed by atoms with E-state index < -0.39 is 14.4 Å². The molecule has 1 heterocycles. The molecule has 5 heteroatoms. The Kier molecular flexibility index (Phi) is 6.22. The van der Waals surface area contributed by atoms with Crippen LogP contribution in [-0.2, 0) is 9.22 Å². The van der Waals surface area contributed by atoms with E-state index in [9.17, 15) is 4.79 Å². The maximum Gasteiger partial charge on any atom is 0.255 e. The van der Waals surface area contributed by atoms with Crippen molar-refractivity contribution < 1.29 is 13.6 Å². The van der Waals surface area contributed by atoms with Crippen molar-refractivity contribution in [1.82, 2.24) is 5.32 Å². The van der Waals surface area contributed by atoms with Crippen molar-refractivity contribution in [3.63, 3.8) is 0 Å². The van der Waals surface area contributed by atoms with Gasteiger partial charge in [-0.15, -0.1) is 0 Å². The fourth-order valence-corrected chi connectivity index (χ4v) is 2.80. The van der Waals surface area contributed by atoms with E-state index in [2.05, 4.69) is 46.1 Å². The van der Waals surface area contributed by atoms with E-state index in [0.29, 0.717) is 12.3 Å². The first-order valence-corrected chi connectivity index (χ1v) is 10.6. The maximum absolute atomic E-state index is 12.4. The second kappa shape index (κ2) is 7.27. The zero-order valence-corrected chi connectivity index (χ0v) is 15.2. The Bertz CT molecular complexity index is 435. The van der Waals surface area contributed by atoms with Crippen LogP contribution in [-0.4, -0.2) is 20.8 Å². The summed E-state index contributed by atoms with van der Waals surface area (Å²) in [6.07, 6.45) is 2.94. The molecule has 0 aromatic carbocycles. The van der Waals surface area contributed by atoms with Crippen molar-refractivity contribution in [2.75, 3.05) is 6.54 Å². The molecule has 1 aromatic heterocycles. The highest BCUT2D eigenvalue weighted by Crippen LogP contribution is 2.39. The predicted octanol–water partition coefficient (Wildman–Crippen LogP) is 4.26. The summed E-state index contributed by atoms with van der Waals surface area (Å²) in [5.41, 5.74) is 0. The quantitative estimate of drug-likeness (QED) is 0.604. The first-order valence-electron chi connectivity index (χ1n) is 7.68. The van der Waals surface area contributed by atoms with Crippen molar-refractivity contribution in [2.24, 2.45) is 0 Å². The summed E-state index contributed by atoms with van der Waals surface area (Å²) < 4.78 is 11.7. The number of hydrogen-bond acceptors (Lipinski definition) is 3. The van der Waals surface area contributed by atoms with Gasteiger partial charge in [0.15, 0.2) is 14.4 Å². The number of rotatable bonds is 7. The highest BCUT2D eigenvalue weighted by Gasteiger charge is 2.41. The standard InChI is InChI=1S/C16H29NO3Si/c1-7-8-11-17-15(18)14(13-10-9-12-19-13)20-21(5,6)16(2,3)4/h9-10,12,14H,7-8,11H2,1-6H3,(H,17,18). The van der Waals surface area contributed by atoms with Crippen molar-refractivity contribution in [2.45, 2.75) is 64.8 Å². The highest BCUT2D eigenvalue weighted by molar-refractivity contribution is 6.74. The second-order valence-corrected chi connectivity index (χ2v) is 11.7. The Balaban J connectivity index is 2.87. The summed E-state index contributed by atoms with van der Waals surface area (Å²) >= 11 is 0. The topological polar surface area (TPSA) is 51.5 Å². The van der Waals surface area contributed by atoms with Gasteiger partial charge < -0.3 is 14.2 Å². The molecule has 1 atom stereocenters. The van der Waals surface area contributed by atoms with Gasteiger partial charge in [0, 0.05) is 6.54 Å². The molecule has 0 aliphatic heterocycles. The minimum Gasteiger partial charge on any atom is -0.466 e. The summed E-state index contributed by atoms with van der Waals surface area (Å²) in [5, 5.41) is 2.99. The lowest BCUT2D eigenvalue weighted by molar-refractivity contribution is -0.129. The average Bonchev–Trinajstić information content (AvgIpc) is 2.88. The first kappa shape index (κ1) is 18.0. The molecule has 120 valence electrons. The molecule has 0 radical (unpaired) electrons. The number of carbonyl (C=O) groups excluding carboxylic acids is 1. The van der Waals surface area contributed by atoms with E-state index in [1.165, 1.54) is 0 Å². The van der Waals surface area contributed by atoms with Crippen LogP contribution in [0.25, 0.3) is 0 Å². The van der Waals surface area contributed by atoms with Gasteiger partial charge >= 0.3 is 0 Å². The van der Waals surface area contributed by atoms with Gasteiger partial charge in [-0.05, 0) is 36.7 Å². The monoisotopic (exact) mass is 311 g/mol. The van der Waals surface area contributed by atoms with Crippen LogP contribution < -0.4 is 5.32 Å². The number of nitrogens with one attached hydrogen (secondary N) is 1. The Hall–Kier alpha value is -1.07. The molecule has 21 heavy (non-hydrogen) atoms.